The van der Waals surface area contributed by atoms with Crippen molar-refractivity contribution in [3.63, 3.8) is 0 Å². The number of rotatable bonds is 5. The van der Waals surface area contributed by atoms with E-state index in [1.807, 2.05) is 0 Å². The van der Waals surface area contributed by atoms with Crippen molar-refractivity contribution in [2.75, 3.05) is 20.7 Å². The van der Waals surface area contributed by atoms with Gasteiger partial charge in [0.2, 0.25) is 0 Å². The molecule has 0 aliphatic heterocycles. The molecule has 100 valence electrons. The first-order valence-corrected chi connectivity index (χ1v) is 7.77. The number of ether oxygens (including phenoxy) is 1. The van der Waals surface area contributed by atoms with Gasteiger partial charge in [0.25, 0.3) is 10.0 Å². The first-order chi connectivity index (χ1) is 8.46. The Bertz CT molecular complexity index is 548. The first kappa shape index (κ1) is 13.4. The predicted octanol–water partition coefficient (Wildman–Crippen LogP) is 0.960. The number of nitrogens with zero attached hydrogens (tertiary/aromatic N) is 2. The van der Waals surface area contributed by atoms with Crippen LogP contribution in [-0.2, 0) is 14.8 Å². The number of sulfonamides is 1. The van der Waals surface area contributed by atoms with E-state index < -0.39 is 16.0 Å². The van der Waals surface area contributed by atoms with Crippen molar-refractivity contribution >= 4 is 27.3 Å². The quantitative estimate of drug-likeness (QED) is 0.755. The smallest absolute Gasteiger partial charge is 0.358 e. The minimum Gasteiger partial charge on any atom is -0.464 e. The van der Waals surface area contributed by atoms with Crippen LogP contribution in [0.1, 0.15) is 23.3 Å². The fourth-order valence-electron chi connectivity index (χ4n) is 1.55. The Hall–Kier alpha value is -0.990. The van der Waals surface area contributed by atoms with Crippen LogP contribution in [0.15, 0.2) is 9.72 Å². The fourth-order valence-corrected chi connectivity index (χ4v) is 4.12. The van der Waals surface area contributed by atoms with Gasteiger partial charge in [0, 0.05) is 13.6 Å². The molecular weight excluding hydrogens is 276 g/mol. The van der Waals surface area contributed by atoms with Gasteiger partial charge in [0.05, 0.1) is 12.6 Å². The van der Waals surface area contributed by atoms with Crippen LogP contribution in [0.25, 0.3) is 0 Å². The molecule has 1 aromatic heterocycles. The summed E-state index contributed by atoms with van der Waals surface area (Å²) < 4.78 is 30.3. The summed E-state index contributed by atoms with van der Waals surface area (Å²) in [6.45, 7) is 0.487. The van der Waals surface area contributed by atoms with Crippen LogP contribution in [-0.4, -0.2) is 44.4 Å². The molecule has 6 nitrogen and oxygen atoms in total. The van der Waals surface area contributed by atoms with Gasteiger partial charge in [0.15, 0.2) is 9.90 Å². The van der Waals surface area contributed by atoms with E-state index in [0.717, 1.165) is 24.2 Å². The molecule has 0 radical (unpaired) electrons. The van der Waals surface area contributed by atoms with E-state index in [9.17, 15) is 13.2 Å². The van der Waals surface area contributed by atoms with Crippen molar-refractivity contribution in [3.8, 4) is 0 Å². The maximum atomic E-state index is 12.3. The largest absolute Gasteiger partial charge is 0.464 e. The Morgan fingerprint density at radius 1 is 1.61 bits per heavy atom. The molecule has 2 rings (SSSR count). The number of methoxy groups -OCH3 is 1. The molecule has 1 aromatic rings. The lowest BCUT2D eigenvalue weighted by Crippen LogP contribution is -2.29. The number of aromatic nitrogens is 1. The highest BCUT2D eigenvalue weighted by molar-refractivity contribution is 7.91. The molecule has 1 heterocycles. The third kappa shape index (κ3) is 2.55. The minimum atomic E-state index is -3.65. The SMILES string of the molecule is COC(=O)c1ncsc1S(=O)(=O)N(C)CC1CC1. The third-order valence-corrected chi connectivity index (χ3v) is 5.94. The highest BCUT2D eigenvalue weighted by Gasteiger charge is 2.33. The van der Waals surface area contributed by atoms with Crippen molar-refractivity contribution in [1.29, 1.82) is 0 Å². The van der Waals surface area contributed by atoms with Crippen molar-refractivity contribution in [2.45, 2.75) is 17.1 Å². The van der Waals surface area contributed by atoms with Crippen LogP contribution in [0.5, 0.6) is 0 Å². The molecule has 0 N–H and O–H groups in total. The summed E-state index contributed by atoms with van der Waals surface area (Å²) in [4.78, 5) is 15.2. The van der Waals surface area contributed by atoms with Crippen LogP contribution >= 0.6 is 11.3 Å². The van der Waals surface area contributed by atoms with E-state index in [2.05, 4.69) is 9.72 Å². The molecule has 1 saturated carbocycles. The highest BCUT2D eigenvalue weighted by atomic mass is 32.2. The molecule has 1 fully saturated rings. The summed E-state index contributed by atoms with van der Waals surface area (Å²) in [5, 5.41) is 0. The molecule has 1 aliphatic carbocycles. The fraction of sp³-hybridized carbons (Fsp3) is 0.600. The molecule has 1 aliphatic rings. The van der Waals surface area contributed by atoms with Crippen molar-refractivity contribution in [1.82, 2.24) is 9.29 Å². The van der Waals surface area contributed by atoms with Gasteiger partial charge in [-0.3, -0.25) is 0 Å². The lowest BCUT2D eigenvalue weighted by atomic mass is 10.4. The van der Waals surface area contributed by atoms with Crippen LogP contribution in [0, 0.1) is 5.92 Å². The normalized spacial score (nSPS) is 15.9. The second-order valence-electron chi connectivity index (χ2n) is 4.21. The van der Waals surface area contributed by atoms with Crippen molar-refractivity contribution in [2.24, 2.45) is 5.92 Å². The number of hydrogen-bond acceptors (Lipinski definition) is 6. The van der Waals surface area contributed by atoms with E-state index in [0.29, 0.717) is 12.5 Å². The standard InChI is InChI=1S/C10H14N2O4S2/c1-12(5-7-3-4-7)18(14,15)10-8(9(13)16-2)11-6-17-10/h6-7H,3-5H2,1-2H3. The van der Waals surface area contributed by atoms with E-state index in [1.165, 1.54) is 24.0 Å². The van der Waals surface area contributed by atoms with E-state index in [4.69, 9.17) is 0 Å². The first-order valence-electron chi connectivity index (χ1n) is 5.45. The molecule has 0 aromatic carbocycles. The summed E-state index contributed by atoms with van der Waals surface area (Å²) in [5.74, 6) is -0.283. The molecule has 18 heavy (non-hydrogen) atoms. The van der Waals surface area contributed by atoms with Crippen molar-refractivity contribution in [3.05, 3.63) is 11.2 Å². The Morgan fingerprint density at radius 3 is 2.83 bits per heavy atom. The Kier molecular flexibility index (Phi) is 3.69. The number of carbonyl (C=O) groups excluding carboxylic acids is 1. The Labute approximate surface area is 110 Å². The van der Waals surface area contributed by atoms with E-state index in [-0.39, 0.29) is 9.90 Å². The van der Waals surface area contributed by atoms with Gasteiger partial charge in [-0.1, -0.05) is 0 Å². The second-order valence-corrected chi connectivity index (χ2v) is 7.30. The average Bonchev–Trinajstić information content (AvgIpc) is 3.00. The predicted molar refractivity (Wildman–Crippen MR) is 66.0 cm³/mol. The zero-order chi connectivity index (χ0) is 13.3. The second kappa shape index (κ2) is 4.94. The molecule has 0 amide bonds. The number of carbonyl (C=O) groups is 1. The van der Waals surface area contributed by atoms with Crippen LogP contribution in [0.3, 0.4) is 0 Å². The van der Waals surface area contributed by atoms with Gasteiger partial charge in [-0.2, -0.15) is 4.31 Å². The summed E-state index contributed by atoms with van der Waals surface area (Å²) in [5.41, 5.74) is 1.20. The van der Waals surface area contributed by atoms with Gasteiger partial charge < -0.3 is 4.74 Å². The zero-order valence-corrected chi connectivity index (χ0v) is 11.8. The van der Waals surface area contributed by atoms with Gasteiger partial charge in [-0.15, -0.1) is 11.3 Å². The topological polar surface area (TPSA) is 76.6 Å². The number of hydrogen-bond donors (Lipinski definition) is 0. The average molecular weight is 290 g/mol. The number of esters is 1. The molecule has 0 bridgehead atoms. The lowest BCUT2D eigenvalue weighted by molar-refractivity contribution is 0.0590. The maximum absolute atomic E-state index is 12.3. The summed E-state index contributed by atoms with van der Waals surface area (Å²) in [6, 6.07) is 0. The molecule has 0 saturated heterocycles. The third-order valence-electron chi connectivity index (χ3n) is 2.77. The van der Waals surface area contributed by atoms with Crippen LogP contribution < -0.4 is 0 Å². The van der Waals surface area contributed by atoms with Gasteiger partial charge in [0.1, 0.15) is 0 Å². The molecular formula is C10H14N2O4S2. The summed E-state index contributed by atoms with van der Waals surface area (Å²) >= 11 is 0.934. The van der Waals surface area contributed by atoms with E-state index >= 15 is 0 Å². The van der Waals surface area contributed by atoms with Gasteiger partial charge >= 0.3 is 5.97 Å². The highest BCUT2D eigenvalue weighted by Crippen LogP contribution is 2.32. The molecule has 0 atom stereocenters. The minimum absolute atomic E-state index is 0.0440. The lowest BCUT2D eigenvalue weighted by Gasteiger charge is -2.15. The molecule has 0 unspecified atom stereocenters. The maximum Gasteiger partial charge on any atom is 0.358 e. The van der Waals surface area contributed by atoms with Gasteiger partial charge in [-0.25, -0.2) is 18.2 Å². The Balaban J connectivity index is 2.28. The summed E-state index contributed by atoms with van der Waals surface area (Å²) in [7, 11) is -0.925. The molecule has 0 spiro atoms. The Morgan fingerprint density at radius 2 is 2.28 bits per heavy atom. The zero-order valence-electron chi connectivity index (χ0n) is 10.1. The summed E-state index contributed by atoms with van der Waals surface area (Å²) in [6.07, 6.45) is 2.12. The van der Waals surface area contributed by atoms with E-state index in [1.54, 1.807) is 0 Å². The van der Waals surface area contributed by atoms with Crippen LogP contribution in [0.2, 0.25) is 0 Å². The number of thiazole rings is 1. The van der Waals surface area contributed by atoms with Crippen molar-refractivity contribution < 1.29 is 17.9 Å². The monoisotopic (exact) mass is 290 g/mol. The van der Waals surface area contributed by atoms with Crippen LogP contribution in [0.4, 0.5) is 0 Å². The molecule has 8 heteroatoms. The van der Waals surface area contributed by atoms with Gasteiger partial charge in [-0.05, 0) is 18.8 Å².